The maximum absolute atomic E-state index is 13.2. The number of para-hydroxylation sites is 1. The summed E-state index contributed by atoms with van der Waals surface area (Å²) in [5.41, 5.74) is -2.71. The van der Waals surface area contributed by atoms with Gasteiger partial charge in [0, 0.05) is 6.21 Å². The molecule has 1 aliphatic rings. The number of aromatic nitrogens is 1. The van der Waals surface area contributed by atoms with Crippen molar-refractivity contribution in [3.63, 3.8) is 0 Å². The first-order valence-electron chi connectivity index (χ1n) is 8.75. The summed E-state index contributed by atoms with van der Waals surface area (Å²) in [6.07, 6.45) is -3.65. The minimum Gasteiger partial charge on any atom is -0.494 e. The normalized spacial score (nSPS) is 18.6. The summed E-state index contributed by atoms with van der Waals surface area (Å²) in [6, 6.07) is 5.38. The van der Waals surface area contributed by atoms with Crippen molar-refractivity contribution in [1.29, 1.82) is 5.26 Å². The second kappa shape index (κ2) is 7.60. The van der Waals surface area contributed by atoms with Crippen LogP contribution in [0.25, 0.3) is 0 Å². The van der Waals surface area contributed by atoms with Gasteiger partial charge in [0.15, 0.2) is 9.84 Å². The van der Waals surface area contributed by atoms with Crippen LogP contribution in [-0.4, -0.2) is 35.8 Å². The van der Waals surface area contributed by atoms with Crippen molar-refractivity contribution in [2.24, 2.45) is 4.99 Å². The molecule has 0 aliphatic carbocycles. The lowest BCUT2D eigenvalue weighted by atomic mass is 10.0. The zero-order valence-electron chi connectivity index (χ0n) is 15.6. The molecule has 11 heteroatoms. The molecule has 1 saturated heterocycles. The number of aromatic hydroxyl groups is 1. The Bertz CT molecular complexity index is 1240. The second-order valence-corrected chi connectivity index (χ2v) is 9.08. The molecular formula is C19H16F3N3O4S. The summed E-state index contributed by atoms with van der Waals surface area (Å²) in [5.74, 6) is -1.21. The highest BCUT2D eigenvalue weighted by atomic mass is 32.2. The van der Waals surface area contributed by atoms with Crippen molar-refractivity contribution in [2.45, 2.75) is 25.6 Å². The molecule has 1 aromatic heterocycles. The van der Waals surface area contributed by atoms with Crippen molar-refractivity contribution < 1.29 is 26.7 Å². The van der Waals surface area contributed by atoms with Crippen molar-refractivity contribution in [2.75, 3.05) is 11.5 Å². The molecule has 0 radical (unpaired) electrons. The third-order valence-electron chi connectivity index (χ3n) is 4.91. The Kier molecular flexibility index (Phi) is 5.47. The molecule has 1 aliphatic heterocycles. The fraction of sp³-hybridized carbons (Fsp3) is 0.316. The van der Waals surface area contributed by atoms with Crippen LogP contribution in [0.1, 0.15) is 34.7 Å². The number of halogens is 3. The van der Waals surface area contributed by atoms with Gasteiger partial charge in [-0.15, -0.1) is 0 Å². The Morgan fingerprint density at radius 2 is 2.00 bits per heavy atom. The molecule has 30 heavy (non-hydrogen) atoms. The molecule has 0 unspecified atom stereocenters. The standard InChI is InChI=1S/C19H16F3N3O4S/c1-11-13(8-23)17(26)25(12-6-7-30(28,29)10-12)18(27)14(11)9-24-16-5-3-2-4-15(16)19(20,21)22/h2-5,9,12,27H,6-7,10H2,1H3/t12-/m1/s1. The summed E-state index contributed by atoms with van der Waals surface area (Å²) >= 11 is 0. The number of aliphatic imine (C=N–C) groups is 1. The lowest BCUT2D eigenvalue weighted by Gasteiger charge is -2.18. The number of benzene rings is 1. The van der Waals surface area contributed by atoms with Crippen molar-refractivity contribution >= 4 is 21.7 Å². The van der Waals surface area contributed by atoms with Gasteiger partial charge in [0.25, 0.3) is 5.56 Å². The average molecular weight is 439 g/mol. The van der Waals surface area contributed by atoms with Crippen molar-refractivity contribution in [1.82, 2.24) is 4.57 Å². The van der Waals surface area contributed by atoms with Gasteiger partial charge in [0.05, 0.1) is 34.4 Å². The highest BCUT2D eigenvalue weighted by Crippen LogP contribution is 2.36. The van der Waals surface area contributed by atoms with Crippen LogP contribution in [0.2, 0.25) is 0 Å². The van der Waals surface area contributed by atoms with E-state index in [4.69, 9.17) is 0 Å². The molecular weight excluding hydrogens is 423 g/mol. The number of hydrogen-bond donors (Lipinski definition) is 1. The molecule has 0 amide bonds. The van der Waals surface area contributed by atoms with E-state index in [-0.39, 0.29) is 34.6 Å². The van der Waals surface area contributed by atoms with Crippen LogP contribution in [-0.2, 0) is 16.0 Å². The number of nitriles is 1. The third kappa shape index (κ3) is 3.95. The van der Waals surface area contributed by atoms with E-state index in [1.807, 2.05) is 0 Å². The first kappa shape index (κ1) is 21.6. The Balaban J connectivity index is 2.18. The maximum atomic E-state index is 13.2. The number of pyridine rings is 1. The van der Waals surface area contributed by atoms with Gasteiger partial charge in [-0.2, -0.15) is 18.4 Å². The predicted molar refractivity (Wildman–Crippen MR) is 103 cm³/mol. The molecule has 158 valence electrons. The summed E-state index contributed by atoms with van der Waals surface area (Å²) in [7, 11) is -3.41. The molecule has 2 aromatic rings. The highest BCUT2D eigenvalue weighted by molar-refractivity contribution is 7.91. The second-order valence-electron chi connectivity index (χ2n) is 6.85. The SMILES string of the molecule is Cc1c(C=Nc2ccccc2C(F)(F)F)c(O)n([C@@H]2CCS(=O)(=O)C2)c(=O)c1C#N. The van der Waals surface area contributed by atoms with Gasteiger partial charge in [0.1, 0.15) is 11.6 Å². The lowest BCUT2D eigenvalue weighted by Crippen LogP contribution is -2.29. The maximum Gasteiger partial charge on any atom is 0.418 e. The van der Waals surface area contributed by atoms with E-state index < -0.39 is 44.7 Å². The summed E-state index contributed by atoms with van der Waals surface area (Å²) in [4.78, 5) is 16.5. The van der Waals surface area contributed by atoms with Crippen molar-refractivity contribution in [3.05, 3.63) is 56.9 Å². The molecule has 0 spiro atoms. The van der Waals surface area contributed by atoms with E-state index >= 15 is 0 Å². The highest BCUT2D eigenvalue weighted by Gasteiger charge is 2.34. The Hall–Kier alpha value is -3.13. The lowest BCUT2D eigenvalue weighted by molar-refractivity contribution is -0.137. The molecule has 0 saturated carbocycles. The number of alkyl halides is 3. The molecule has 2 heterocycles. The van der Waals surface area contributed by atoms with Crippen LogP contribution in [0, 0.1) is 18.3 Å². The van der Waals surface area contributed by atoms with Crippen LogP contribution in [0.5, 0.6) is 5.88 Å². The van der Waals surface area contributed by atoms with E-state index in [0.717, 1.165) is 22.9 Å². The zero-order valence-corrected chi connectivity index (χ0v) is 16.5. The Morgan fingerprint density at radius 1 is 1.33 bits per heavy atom. The average Bonchev–Trinajstić information content (AvgIpc) is 3.01. The number of sulfone groups is 1. The Morgan fingerprint density at radius 3 is 2.57 bits per heavy atom. The van der Waals surface area contributed by atoms with Gasteiger partial charge in [-0.3, -0.25) is 14.4 Å². The molecule has 3 rings (SSSR count). The van der Waals surface area contributed by atoms with Crippen LogP contribution in [0.4, 0.5) is 18.9 Å². The van der Waals surface area contributed by atoms with E-state index in [2.05, 4.69) is 4.99 Å². The monoisotopic (exact) mass is 439 g/mol. The van der Waals surface area contributed by atoms with E-state index in [9.17, 15) is 36.8 Å². The summed E-state index contributed by atoms with van der Waals surface area (Å²) in [5, 5.41) is 20.0. The first-order chi connectivity index (χ1) is 14.0. The quantitative estimate of drug-likeness (QED) is 0.739. The summed E-state index contributed by atoms with van der Waals surface area (Å²) < 4.78 is 63.9. The van der Waals surface area contributed by atoms with Gasteiger partial charge >= 0.3 is 6.18 Å². The van der Waals surface area contributed by atoms with Crippen LogP contribution in [0.3, 0.4) is 0 Å². The molecule has 1 fully saturated rings. The fourth-order valence-corrected chi connectivity index (χ4v) is 5.07. The van der Waals surface area contributed by atoms with Gasteiger partial charge in [0.2, 0.25) is 5.88 Å². The molecule has 1 atom stereocenters. The largest absolute Gasteiger partial charge is 0.494 e. The third-order valence-corrected chi connectivity index (χ3v) is 6.66. The number of hydrogen-bond acceptors (Lipinski definition) is 6. The fourth-order valence-electron chi connectivity index (χ4n) is 3.37. The smallest absolute Gasteiger partial charge is 0.418 e. The van der Waals surface area contributed by atoms with Gasteiger partial charge in [-0.05, 0) is 31.0 Å². The Labute approximate surface area is 169 Å². The van der Waals surface area contributed by atoms with E-state index in [1.165, 1.54) is 19.1 Å². The predicted octanol–water partition coefficient (Wildman–Crippen LogP) is 2.86. The van der Waals surface area contributed by atoms with Crippen LogP contribution in [0.15, 0.2) is 34.1 Å². The van der Waals surface area contributed by atoms with Crippen LogP contribution < -0.4 is 5.56 Å². The number of rotatable bonds is 3. The van der Waals surface area contributed by atoms with E-state index in [0.29, 0.717) is 0 Å². The number of nitrogens with zero attached hydrogens (tertiary/aromatic N) is 3. The molecule has 1 N–H and O–H groups in total. The molecule has 1 aromatic carbocycles. The minimum absolute atomic E-state index is 0.0327. The van der Waals surface area contributed by atoms with Gasteiger partial charge in [-0.25, -0.2) is 8.42 Å². The van der Waals surface area contributed by atoms with Gasteiger partial charge in [-0.1, -0.05) is 12.1 Å². The van der Waals surface area contributed by atoms with E-state index in [1.54, 1.807) is 6.07 Å². The summed E-state index contributed by atoms with van der Waals surface area (Å²) in [6.45, 7) is 1.35. The first-order valence-corrected chi connectivity index (χ1v) is 10.6. The van der Waals surface area contributed by atoms with Gasteiger partial charge < -0.3 is 5.11 Å². The molecule has 0 bridgehead atoms. The van der Waals surface area contributed by atoms with Crippen LogP contribution >= 0.6 is 0 Å². The van der Waals surface area contributed by atoms with Crippen molar-refractivity contribution in [3.8, 4) is 11.9 Å². The topological polar surface area (TPSA) is 113 Å². The molecule has 7 nitrogen and oxygen atoms in total. The zero-order chi connectivity index (χ0) is 22.3. The minimum atomic E-state index is -4.65.